The largest absolute Gasteiger partial charge is 0.396 e. The molecule has 3 N–H and O–H groups in total. The fourth-order valence-electron chi connectivity index (χ4n) is 3.13. The molecule has 0 spiro atoms. The zero-order valence-corrected chi connectivity index (χ0v) is 13.0. The van der Waals surface area contributed by atoms with Crippen molar-refractivity contribution < 1.29 is 13.5 Å². The Bertz CT molecular complexity index is 366. The molecule has 0 bridgehead atoms. The average molecular weight is 292 g/mol. The summed E-state index contributed by atoms with van der Waals surface area (Å²) in [6.07, 6.45) is 5.90. The number of piperidine rings is 1. The maximum absolute atomic E-state index is 11.6. The van der Waals surface area contributed by atoms with Crippen molar-refractivity contribution in [2.45, 2.75) is 39.0 Å². The molecule has 0 aliphatic carbocycles. The van der Waals surface area contributed by atoms with Gasteiger partial charge in [0.05, 0.1) is 6.26 Å². The molecule has 0 aromatic heterocycles. The number of aliphatic hydroxyl groups is 1. The molecule has 1 fully saturated rings. The van der Waals surface area contributed by atoms with Crippen molar-refractivity contribution in [2.75, 3.05) is 32.5 Å². The van der Waals surface area contributed by atoms with Crippen LogP contribution in [0.5, 0.6) is 0 Å². The van der Waals surface area contributed by atoms with Gasteiger partial charge in [0.2, 0.25) is 10.0 Å². The molecule has 0 saturated carbocycles. The van der Waals surface area contributed by atoms with E-state index in [1.54, 1.807) is 4.31 Å². The summed E-state index contributed by atoms with van der Waals surface area (Å²) in [5, 5.41) is 9.65. The highest BCUT2D eigenvalue weighted by molar-refractivity contribution is 7.88. The standard InChI is InChI=1S/C13H28N2O3S/c1-3-6-13(10-14,11-16)8-12-5-4-7-15(9-12)19(2,17)18/h12,16H,3-11,14H2,1-2H3. The molecule has 2 unspecified atom stereocenters. The second-order valence-electron chi connectivity index (χ2n) is 5.95. The first-order chi connectivity index (χ1) is 8.87. The van der Waals surface area contributed by atoms with Crippen LogP contribution in [0, 0.1) is 11.3 Å². The number of nitrogens with two attached hydrogens (primary N) is 1. The Balaban J connectivity index is 2.69. The first-order valence-electron chi connectivity index (χ1n) is 7.13. The fraction of sp³-hybridized carbons (Fsp3) is 1.00. The minimum atomic E-state index is -3.10. The third-order valence-corrected chi connectivity index (χ3v) is 5.49. The number of hydrogen-bond donors (Lipinski definition) is 2. The van der Waals surface area contributed by atoms with Gasteiger partial charge in [0.1, 0.15) is 0 Å². The lowest BCUT2D eigenvalue weighted by atomic mass is 9.75. The van der Waals surface area contributed by atoms with Gasteiger partial charge in [-0.2, -0.15) is 0 Å². The van der Waals surface area contributed by atoms with Gasteiger partial charge in [-0.3, -0.25) is 0 Å². The van der Waals surface area contributed by atoms with Crippen LogP contribution in [0.1, 0.15) is 39.0 Å². The minimum Gasteiger partial charge on any atom is -0.396 e. The van der Waals surface area contributed by atoms with Gasteiger partial charge in [-0.05, 0) is 31.6 Å². The topological polar surface area (TPSA) is 83.6 Å². The molecule has 114 valence electrons. The molecular weight excluding hydrogens is 264 g/mol. The van der Waals surface area contributed by atoms with Gasteiger partial charge < -0.3 is 10.8 Å². The molecule has 0 aromatic carbocycles. The van der Waals surface area contributed by atoms with E-state index in [9.17, 15) is 13.5 Å². The van der Waals surface area contributed by atoms with E-state index in [2.05, 4.69) is 6.92 Å². The van der Waals surface area contributed by atoms with Crippen molar-refractivity contribution in [1.29, 1.82) is 0 Å². The molecule has 0 amide bonds. The number of hydrogen-bond acceptors (Lipinski definition) is 4. The van der Waals surface area contributed by atoms with Gasteiger partial charge in [0, 0.05) is 31.7 Å². The number of aliphatic hydroxyl groups excluding tert-OH is 1. The highest BCUT2D eigenvalue weighted by Gasteiger charge is 2.34. The highest BCUT2D eigenvalue weighted by atomic mass is 32.2. The molecular formula is C13H28N2O3S. The lowest BCUT2D eigenvalue weighted by molar-refractivity contribution is 0.0789. The van der Waals surface area contributed by atoms with E-state index >= 15 is 0 Å². The zero-order valence-electron chi connectivity index (χ0n) is 12.1. The summed E-state index contributed by atoms with van der Waals surface area (Å²) in [4.78, 5) is 0. The lowest BCUT2D eigenvalue weighted by Gasteiger charge is -2.38. The first-order valence-corrected chi connectivity index (χ1v) is 8.98. The SMILES string of the molecule is CCCC(CN)(CO)CC1CCCN(S(C)(=O)=O)C1. The molecule has 1 rings (SSSR count). The van der Waals surface area contributed by atoms with E-state index in [0.717, 1.165) is 32.1 Å². The van der Waals surface area contributed by atoms with Crippen LogP contribution in [0.3, 0.4) is 0 Å². The Morgan fingerprint density at radius 1 is 1.47 bits per heavy atom. The van der Waals surface area contributed by atoms with E-state index in [-0.39, 0.29) is 12.0 Å². The lowest BCUT2D eigenvalue weighted by Crippen LogP contribution is -2.43. The summed E-state index contributed by atoms with van der Waals surface area (Å²) in [5.74, 6) is 0.311. The molecule has 0 radical (unpaired) electrons. The molecule has 5 nitrogen and oxygen atoms in total. The van der Waals surface area contributed by atoms with Gasteiger partial charge in [-0.25, -0.2) is 12.7 Å². The summed E-state index contributed by atoms with van der Waals surface area (Å²) in [6.45, 7) is 3.84. The molecule has 1 aliphatic heterocycles. The van der Waals surface area contributed by atoms with E-state index in [4.69, 9.17) is 5.73 Å². The van der Waals surface area contributed by atoms with Crippen LogP contribution in [-0.2, 0) is 10.0 Å². The Hall–Kier alpha value is -0.170. The van der Waals surface area contributed by atoms with Crippen LogP contribution in [0.25, 0.3) is 0 Å². The predicted molar refractivity (Wildman–Crippen MR) is 77.2 cm³/mol. The highest BCUT2D eigenvalue weighted by Crippen LogP contribution is 2.34. The molecule has 19 heavy (non-hydrogen) atoms. The number of rotatable bonds is 7. The molecule has 2 atom stereocenters. The summed E-state index contributed by atoms with van der Waals surface area (Å²) in [5.41, 5.74) is 5.61. The second-order valence-corrected chi connectivity index (χ2v) is 7.93. The minimum absolute atomic E-state index is 0.0900. The monoisotopic (exact) mass is 292 g/mol. The van der Waals surface area contributed by atoms with Crippen LogP contribution in [0.15, 0.2) is 0 Å². The van der Waals surface area contributed by atoms with Crippen molar-refractivity contribution >= 4 is 10.0 Å². The van der Waals surface area contributed by atoms with Crippen molar-refractivity contribution in [1.82, 2.24) is 4.31 Å². The van der Waals surface area contributed by atoms with Gasteiger partial charge in [0.25, 0.3) is 0 Å². The smallest absolute Gasteiger partial charge is 0.211 e. The average Bonchev–Trinajstić information content (AvgIpc) is 2.37. The van der Waals surface area contributed by atoms with E-state index < -0.39 is 10.0 Å². The molecule has 6 heteroatoms. The van der Waals surface area contributed by atoms with Crippen LogP contribution >= 0.6 is 0 Å². The Morgan fingerprint density at radius 3 is 2.63 bits per heavy atom. The quantitative estimate of drug-likeness (QED) is 0.726. The van der Waals surface area contributed by atoms with E-state index in [1.807, 2.05) is 0 Å². The number of sulfonamides is 1. The summed E-state index contributed by atoms with van der Waals surface area (Å²) in [6, 6.07) is 0. The summed E-state index contributed by atoms with van der Waals surface area (Å²) >= 11 is 0. The van der Waals surface area contributed by atoms with Crippen LogP contribution < -0.4 is 5.73 Å². The van der Waals surface area contributed by atoms with Crippen molar-refractivity contribution in [2.24, 2.45) is 17.1 Å². The molecule has 1 aliphatic rings. The maximum Gasteiger partial charge on any atom is 0.211 e. The fourth-order valence-corrected chi connectivity index (χ4v) is 4.08. The van der Waals surface area contributed by atoms with Crippen LogP contribution in [-0.4, -0.2) is 50.3 Å². The van der Waals surface area contributed by atoms with Crippen LogP contribution in [0.2, 0.25) is 0 Å². The third-order valence-electron chi connectivity index (χ3n) is 4.22. The third kappa shape index (κ3) is 4.70. The van der Waals surface area contributed by atoms with Crippen molar-refractivity contribution in [3.63, 3.8) is 0 Å². The zero-order chi connectivity index (χ0) is 14.5. The van der Waals surface area contributed by atoms with E-state index in [1.165, 1.54) is 6.26 Å². The van der Waals surface area contributed by atoms with Gasteiger partial charge >= 0.3 is 0 Å². The normalized spacial score (nSPS) is 25.2. The van der Waals surface area contributed by atoms with Gasteiger partial charge in [-0.15, -0.1) is 0 Å². The van der Waals surface area contributed by atoms with E-state index in [0.29, 0.717) is 25.6 Å². The molecule has 1 heterocycles. The van der Waals surface area contributed by atoms with Crippen LogP contribution in [0.4, 0.5) is 0 Å². The Labute approximate surface area is 117 Å². The number of nitrogens with zero attached hydrogens (tertiary/aromatic N) is 1. The predicted octanol–water partition coefficient (Wildman–Crippen LogP) is 0.786. The Kier molecular flexibility index (Phi) is 6.23. The second kappa shape index (κ2) is 7.02. The summed E-state index contributed by atoms with van der Waals surface area (Å²) < 4.78 is 24.8. The maximum atomic E-state index is 11.6. The van der Waals surface area contributed by atoms with Crippen molar-refractivity contribution in [3.05, 3.63) is 0 Å². The molecule has 0 aromatic rings. The van der Waals surface area contributed by atoms with Gasteiger partial charge in [0.15, 0.2) is 0 Å². The van der Waals surface area contributed by atoms with Gasteiger partial charge in [-0.1, -0.05) is 13.3 Å². The van der Waals surface area contributed by atoms with Crippen molar-refractivity contribution in [3.8, 4) is 0 Å². The molecule has 1 saturated heterocycles. The first kappa shape index (κ1) is 16.9. The summed E-state index contributed by atoms with van der Waals surface area (Å²) in [7, 11) is -3.10. The Morgan fingerprint density at radius 2 is 2.16 bits per heavy atom.